The number of fused-ring (bicyclic) bond motifs is 10. The molecule has 404 valence electrons. The van der Waals surface area contributed by atoms with Gasteiger partial charge in [0.25, 0.3) is 11.1 Å². The number of hydrogen-bond donors (Lipinski definition) is 3. The van der Waals surface area contributed by atoms with Crippen LogP contribution in [0.4, 0.5) is 0 Å². The molecule has 10 heterocycles. The van der Waals surface area contributed by atoms with E-state index < -0.39 is 39.3 Å². The molecule has 12 rings (SSSR count). The molecule has 1 saturated heterocycles. The SMILES string of the molecule is CC[C@@]1(O)C(=O)OCc2c1cc1n(c2=O)Cc2c-1nc1ccccc1c2CC[Si](C)(C)CI.CC[C@@]1(O)C(=O)OCc2c1cc1n(c2=O)Cc2c-1nc1ccccc1c2CC[Si](C)(C)CSC1=NCCS1.S=C1NCCS1. The maximum atomic E-state index is 13.6. The van der Waals surface area contributed by atoms with Crippen molar-refractivity contribution < 1.29 is 29.3 Å². The number of nitrogens with one attached hydrogen (secondary N) is 1. The van der Waals surface area contributed by atoms with E-state index in [1.807, 2.05) is 59.9 Å². The Morgan fingerprint density at radius 3 is 1.64 bits per heavy atom. The molecule has 6 aliphatic rings. The molecule has 6 aromatic rings. The fourth-order valence-electron chi connectivity index (χ4n) is 10.9. The first kappa shape index (κ1) is 56.1. The number of thiocarbonyl (C=S) groups is 1. The van der Waals surface area contributed by atoms with Crippen LogP contribution in [0.15, 0.2) is 75.2 Å². The second-order valence-electron chi connectivity index (χ2n) is 21.9. The number of cyclic esters (lactones) is 2. The Kier molecular flexibility index (Phi) is 16.3. The van der Waals surface area contributed by atoms with Gasteiger partial charge in [0, 0.05) is 51.1 Å². The summed E-state index contributed by atoms with van der Waals surface area (Å²) in [7, 11) is -2.84. The fourth-order valence-corrected chi connectivity index (χ4v) is 19.4. The maximum absolute atomic E-state index is 13.6. The van der Waals surface area contributed by atoms with Crippen molar-refractivity contribution in [2.45, 2.75) is 115 Å². The maximum Gasteiger partial charge on any atom is 0.343 e. The highest BCUT2D eigenvalue weighted by Crippen LogP contribution is 2.43. The van der Waals surface area contributed by atoms with E-state index in [1.54, 1.807) is 46.9 Å². The van der Waals surface area contributed by atoms with Crippen LogP contribution in [0.5, 0.6) is 0 Å². The van der Waals surface area contributed by atoms with Gasteiger partial charge in [-0.1, -0.05) is 147 Å². The largest absolute Gasteiger partial charge is 0.458 e. The summed E-state index contributed by atoms with van der Waals surface area (Å²) in [5.41, 5.74) is 6.77. The number of aliphatic imine (C=N–C) groups is 1. The number of para-hydroxylation sites is 2. The molecule has 0 saturated carbocycles. The van der Waals surface area contributed by atoms with Crippen LogP contribution in [0.1, 0.15) is 71.2 Å². The number of carbonyl (C=O) groups is 2. The van der Waals surface area contributed by atoms with Gasteiger partial charge >= 0.3 is 11.9 Å². The second kappa shape index (κ2) is 22.4. The summed E-state index contributed by atoms with van der Waals surface area (Å²) in [5, 5.41) is 28.7. The number of benzene rings is 2. The summed E-state index contributed by atoms with van der Waals surface area (Å²) in [6.07, 6.45) is 2.15. The topological polar surface area (TPSA) is 187 Å². The summed E-state index contributed by atoms with van der Waals surface area (Å²) in [4.78, 5) is 66.6. The van der Waals surface area contributed by atoms with Gasteiger partial charge in [0.1, 0.15) is 21.9 Å². The number of carbonyl (C=O) groups excluding carboxylic acids is 2. The zero-order valence-corrected chi connectivity index (χ0v) is 51.6. The van der Waals surface area contributed by atoms with Crippen LogP contribution in [-0.4, -0.2) is 100 Å². The molecule has 0 unspecified atom stereocenters. The lowest BCUT2D eigenvalue weighted by molar-refractivity contribution is -0.172. The normalized spacial score (nSPS) is 19.9. The molecule has 0 radical (unpaired) electrons. The van der Waals surface area contributed by atoms with Crippen molar-refractivity contribution in [1.82, 2.24) is 24.4 Å². The molecule has 0 amide bonds. The minimum atomic E-state index is -1.82. The number of ether oxygens (including phenoxy) is 2. The molecule has 0 aliphatic carbocycles. The van der Waals surface area contributed by atoms with Crippen molar-refractivity contribution in [2.24, 2.45) is 4.99 Å². The highest BCUT2D eigenvalue weighted by molar-refractivity contribution is 14.1. The molecule has 2 aromatic carbocycles. The summed E-state index contributed by atoms with van der Waals surface area (Å²) in [5.74, 6) is 0.852. The smallest absolute Gasteiger partial charge is 0.343 e. The first-order valence-electron chi connectivity index (χ1n) is 26.2. The molecule has 3 N–H and O–H groups in total. The third-order valence-electron chi connectivity index (χ3n) is 15.6. The summed E-state index contributed by atoms with van der Waals surface area (Å²) >= 11 is 12.8. The number of halogens is 1. The van der Waals surface area contributed by atoms with Gasteiger partial charge < -0.3 is 34.1 Å². The van der Waals surface area contributed by atoms with E-state index in [0.717, 1.165) is 104 Å². The van der Waals surface area contributed by atoms with Crippen LogP contribution in [0.3, 0.4) is 0 Å². The van der Waals surface area contributed by atoms with Gasteiger partial charge in [-0.25, -0.2) is 19.6 Å². The van der Waals surface area contributed by atoms with Gasteiger partial charge in [-0.2, -0.15) is 0 Å². The lowest BCUT2D eigenvalue weighted by atomic mass is 9.86. The minimum absolute atomic E-state index is 0.107. The Bertz CT molecular complexity index is 3570. The van der Waals surface area contributed by atoms with Crippen molar-refractivity contribution in [2.75, 3.05) is 34.0 Å². The van der Waals surface area contributed by atoms with E-state index in [1.165, 1.54) is 19.6 Å². The van der Waals surface area contributed by atoms with E-state index in [9.17, 15) is 29.4 Å². The second-order valence-corrected chi connectivity index (χ2v) is 39.0. The molecular formula is C56H63IN6O8S4Si2. The predicted octanol–water partition coefficient (Wildman–Crippen LogP) is 9.62. The van der Waals surface area contributed by atoms with E-state index in [0.29, 0.717) is 46.7 Å². The van der Waals surface area contributed by atoms with Crippen molar-refractivity contribution in [3.63, 3.8) is 0 Å². The molecular weight excluding hydrogens is 1200 g/mol. The molecule has 6 aliphatic heterocycles. The third-order valence-corrected chi connectivity index (χ3v) is 32.6. The fraction of sp³-hybridized carbons (Fsp3) is 0.429. The number of aliphatic hydroxyl groups is 2. The standard InChI is InChI=1S/C28H31N3O4S2Si.C25H27IN2O4Si.C3H5NS2/c1-4-28(34)21-13-23-24-19(14-31(23)25(32)20(21)15-35-26(28)33)17(18-7-5-6-8-22(18)30-24)9-12-38(2,3)16-37-27-29-10-11-36-27;1-4-25(31)19-11-21-22-17(12-28(21)23(29)18(19)13-32-24(25)30)15(9-10-33(2,3)14-26)16-7-5-6-8-20(16)27-22;5-3-4-1-2-6-3/h5-8,13,34H,4,9-12,14-16H2,1-3H3;5-8,11,31H,4,9-10,12-14H2,1-3H3;1-2H2,(H,4,5)/t28-;25-;/m00./s1. The lowest BCUT2D eigenvalue weighted by Crippen LogP contribution is -2.44. The average molecular weight is 1260 g/mol. The van der Waals surface area contributed by atoms with E-state index in [4.69, 9.17) is 31.7 Å². The van der Waals surface area contributed by atoms with Gasteiger partial charge in [-0.15, -0.1) is 11.8 Å². The van der Waals surface area contributed by atoms with Crippen molar-refractivity contribution in [1.29, 1.82) is 0 Å². The van der Waals surface area contributed by atoms with Crippen molar-refractivity contribution in [3.05, 3.63) is 126 Å². The van der Waals surface area contributed by atoms with Gasteiger partial charge in [0.2, 0.25) is 0 Å². The molecule has 0 bridgehead atoms. The number of aromatic nitrogens is 4. The quantitative estimate of drug-likeness (QED) is 0.0365. The molecule has 2 atom stereocenters. The van der Waals surface area contributed by atoms with E-state index in [2.05, 4.69) is 71.2 Å². The van der Waals surface area contributed by atoms with Gasteiger partial charge in [-0.3, -0.25) is 14.6 Å². The number of aryl methyl sites for hydroxylation is 2. The number of thioether (sulfide) groups is 3. The Hall–Kier alpha value is -4.21. The highest BCUT2D eigenvalue weighted by atomic mass is 127. The monoisotopic (exact) mass is 1260 g/mol. The van der Waals surface area contributed by atoms with Gasteiger partial charge in [0.05, 0.1) is 80.7 Å². The zero-order chi connectivity index (χ0) is 54.6. The zero-order valence-electron chi connectivity index (χ0n) is 44.2. The Morgan fingerprint density at radius 2 is 1.22 bits per heavy atom. The van der Waals surface area contributed by atoms with Crippen LogP contribution in [0, 0.1) is 0 Å². The third kappa shape index (κ3) is 10.7. The number of alkyl halides is 1. The first-order chi connectivity index (χ1) is 36.8. The summed E-state index contributed by atoms with van der Waals surface area (Å²) in [6.45, 7) is 15.8. The van der Waals surface area contributed by atoms with Crippen LogP contribution in [-0.2, 0) is 69.4 Å². The number of hydrogen-bond acceptors (Lipinski definition) is 15. The molecule has 4 aromatic heterocycles. The number of pyridine rings is 4. The molecule has 0 spiro atoms. The number of rotatable bonds is 11. The summed E-state index contributed by atoms with van der Waals surface area (Å²) < 4.78 is 17.3. The van der Waals surface area contributed by atoms with Gasteiger partial charge in [0.15, 0.2) is 11.2 Å². The Balaban J connectivity index is 0.000000159. The van der Waals surface area contributed by atoms with Crippen molar-refractivity contribution >= 4 is 129 Å². The molecule has 1 fully saturated rings. The lowest BCUT2D eigenvalue weighted by Gasteiger charge is -2.31. The predicted molar refractivity (Wildman–Crippen MR) is 330 cm³/mol. The van der Waals surface area contributed by atoms with Crippen LogP contribution in [0.2, 0.25) is 38.3 Å². The first-order valence-corrected chi connectivity index (χ1v) is 37.9. The highest BCUT2D eigenvalue weighted by Gasteiger charge is 2.47. The Labute approximate surface area is 481 Å². The minimum Gasteiger partial charge on any atom is -0.458 e. The molecule has 21 heteroatoms. The molecule has 77 heavy (non-hydrogen) atoms. The van der Waals surface area contributed by atoms with E-state index in [-0.39, 0.29) is 37.2 Å². The van der Waals surface area contributed by atoms with Crippen molar-refractivity contribution in [3.8, 4) is 22.8 Å². The number of esters is 2. The Morgan fingerprint density at radius 1 is 0.727 bits per heavy atom. The van der Waals surface area contributed by atoms with Crippen LogP contribution >= 0.6 is 70.1 Å². The van der Waals surface area contributed by atoms with Crippen LogP contribution in [0.25, 0.3) is 44.6 Å². The number of nitrogens with zero attached hydrogens (tertiary/aromatic N) is 5. The van der Waals surface area contributed by atoms with Gasteiger partial charge in [-0.05, 0) is 70.5 Å². The van der Waals surface area contributed by atoms with Crippen LogP contribution < -0.4 is 16.4 Å². The molecule has 14 nitrogen and oxygen atoms in total. The van der Waals surface area contributed by atoms with E-state index >= 15 is 0 Å². The summed E-state index contributed by atoms with van der Waals surface area (Å²) in [6, 6.07) is 22.2. The average Bonchev–Trinajstić information content (AvgIpc) is 4.29.